The second kappa shape index (κ2) is 3.08. The highest BCUT2D eigenvalue weighted by Crippen LogP contribution is 2.32. The molecule has 0 spiro atoms. The quantitative estimate of drug-likeness (QED) is 0.607. The lowest BCUT2D eigenvalue weighted by atomic mass is 9.95. The van der Waals surface area contributed by atoms with Gasteiger partial charge in [0.25, 0.3) is 5.91 Å². The maximum absolute atomic E-state index is 11.5. The third-order valence-electron chi connectivity index (χ3n) is 2.24. The van der Waals surface area contributed by atoms with Crippen LogP contribution in [0.3, 0.4) is 0 Å². The molecule has 1 aliphatic rings. The van der Waals surface area contributed by atoms with Crippen LogP contribution >= 0.6 is 23.2 Å². The van der Waals surface area contributed by atoms with Crippen LogP contribution in [0.4, 0.5) is 0 Å². The van der Waals surface area contributed by atoms with Crippen LogP contribution in [0, 0.1) is 0 Å². The minimum atomic E-state index is -1.27. The van der Waals surface area contributed by atoms with Gasteiger partial charge in [0.15, 0.2) is 4.33 Å². The third-order valence-corrected chi connectivity index (χ3v) is 2.57. The van der Waals surface area contributed by atoms with Gasteiger partial charge in [-0.25, -0.2) is 0 Å². The van der Waals surface area contributed by atoms with E-state index in [-0.39, 0.29) is 18.0 Å². The molecule has 4 heteroatoms. The number of carbonyl (C=O) groups excluding carboxylic acids is 1. The van der Waals surface area contributed by atoms with Crippen LogP contribution in [0.25, 0.3) is 0 Å². The van der Waals surface area contributed by atoms with Gasteiger partial charge in [-0.1, -0.05) is 23.2 Å². The van der Waals surface area contributed by atoms with E-state index >= 15 is 0 Å². The van der Waals surface area contributed by atoms with Crippen molar-refractivity contribution in [2.24, 2.45) is 0 Å². The fourth-order valence-corrected chi connectivity index (χ4v) is 1.84. The molecule has 1 rings (SSSR count). The van der Waals surface area contributed by atoms with Gasteiger partial charge in [-0.05, 0) is 27.2 Å². The predicted octanol–water partition coefficient (Wildman–Crippen LogP) is 2.19. The van der Waals surface area contributed by atoms with E-state index in [2.05, 4.69) is 0 Å². The Kier molecular flexibility index (Phi) is 2.60. The topological polar surface area (TPSA) is 20.3 Å². The summed E-state index contributed by atoms with van der Waals surface area (Å²) in [5.41, 5.74) is 0. The molecule has 0 aliphatic carbocycles. The first-order valence-electron chi connectivity index (χ1n) is 4.04. The van der Waals surface area contributed by atoms with Gasteiger partial charge in [-0.15, -0.1) is 0 Å². The van der Waals surface area contributed by atoms with Crippen molar-refractivity contribution in [1.29, 1.82) is 0 Å². The summed E-state index contributed by atoms with van der Waals surface area (Å²) in [5.74, 6) is -0.183. The molecule has 12 heavy (non-hydrogen) atoms. The van der Waals surface area contributed by atoms with Gasteiger partial charge in [-0.2, -0.15) is 0 Å². The van der Waals surface area contributed by atoms with Gasteiger partial charge in [0.2, 0.25) is 0 Å². The number of carbonyl (C=O) groups is 1. The molecule has 0 aromatic rings. The molecule has 1 aliphatic heterocycles. The number of rotatable bonds is 1. The van der Waals surface area contributed by atoms with Gasteiger partial charge in [0.05, 0.1) is 0 Å². The number of halogens is 2. The second-order valence-corrected chi connectivity index (χ2v) is 5.24. The van der Waals surface area contributed by atoms with Crippen LogP contribution in [-0.2, 0) is 4.79 Å². The number of nitrogens with zero attached hydrogens (tertiary/aromatic N) is 1. The lowest BCUT2D eigenvalue weighted by molar-refractivity contribution is -0.143. The van der Waals surface area contributed by atoms with Gasteiger partial charge in [0, 0.05) is 12.1 Å². The van der Waals surface area contributed by atoms with Crippen LogP contribution in [0.1, 0.15) is 27.2 Å². The lowest BCUT2D eigenvalue weighted by Gasteiger charge is -2.47. The average Bonchev–Trinajstić information content (AvgIpc) is 1.84. The molecule has 2 nitrogen and oxygen atoms in total. The molecule has 0 radical (unpaired) electrons. The minimum absolute atomic E-state index is 0.183. The van der Waals surface area contributed by atoms with Crippen LogP contribution in [0.5, 0.6) is 0 Å². The van der Waals surface area contributed by atoms with Crippen LogP contribution in [-0.4, -0.2) is 27.2 Å². The van der Waals surface area contributed by atoms with Crippen molar-refractivity contribution >= 4 is 29.1 Å². The van der Waals surface area contributed by atoms with E-state index in [0.29, 0.717) is 0 Å². The molecule has 0 aromatic carbocycles. The molecule has 1 amide bonds. The summed E-state index contributed by atoms with van der Waals surface area (Å²) in [7, 11) is 0. The normalized spacial score (nSPS) is 29.9. The molecule has 2 atom stereocenters. The van der Waals surface area contributed by atoms with E-state index in [4.69, 9.17) is 23.2 Å². The third kappa shape index (κ3) is 1.69. The lowest BCUT2D eigenvalue weighted by Crippen LogP contribution is -2.59. The highest BCUT2D eigenvalue weighted by atomic mass is 35.5. The summed E-state index contributed by atoms with van der Waals surface area (Å²) in [6, 6.07) is 0.564. The van der Waals surface area contributed by atoms with E-state index in [1.165, 1.54) is 6.92 Å². The van der Waals surface area contributed by atoms with E-state index < -0.39 is 4.33 Å². The Labute approximate surface area is 82.8 Å². The zero-order valence-electron chi connectivity index (χ0n) is 7.47. The van der Waals surface area contributed by atoms with Crippen molar-refractivity contribution in [3.8, 4) is 0 Å². The number of hydrogen-bond acceptors (Lipinski definition) is 1. The Morgan fingerprint density at radius 2 is 1.83 bits per heavy atom. The highest BCUT2D eigenvalue weighted by molar-refractivity contribution is 6.57. The fourth-order valence-electron chi connectivity index (χ4n) is 1.64. The summed E-state index contributed by atoms with van der Waals surface area (Å²) in [5, 5.41) is 0. The van der Waals surface area contributed by atoms with Crippen LogP contribution in [0.15, 0.2) is 0 Å². The van der Waals surface area contributed by atoms with Crippen molar-refractivity contribution in [2.75, 3.05) is 0 Å². The average molecular weight is 210 g/mol. The Morgan fingerprint density at radius 1 is 1.42 bits per heavy atom. The van der Waals surface area contributed by atoms with Gasteiger partial charge >= 0.3 is 0 Å². The first-order valence-corrected chi connectivity index (χ1v) is 4.80. The van der Waals surface area contributed by atoms with Crippen molar-refractivity contribution in [3.05, 3.63) is 0 Å². The summed E-state index contributed by atoms with van der Waals surface area (Å²) >= 11 is 11.4. The SMILES string of the molecule is CC1CC(C)N1C(=O)C(C)(Cl)Cl. The fraction of sp³-hybridized carbons (Fsp3) is 0.875. The minimum Gasteiger partial charge on any atom is -0.335 e. The zero-order chi connectivity index (χ0) is 9.52. The second-order valence-electron chi connectivity index (χ2n) is 3.53. The van der Waals surface area contributed by atoms with Crippen molar-refractivity contribution in [1.82, 2.24) is 4.90 Å². The van der Waals surface area contributed by atoms with Gasteiger partial charge < -0.3 is 4.90 Å². The monoisotopic (exact) mass is 209 g/mol. The van der Waals surface area contributed by atoms with E-state index in [1.54, 1.807) is 4.90 Å². The summed E-state index contributed by atoms with van der Waals surface area (Å²) in [6.07, 6.45) is 1.04. The maximum Gasteiger partial charge on any atom is 0.259 e. The molecule has 0 aromatic heterocycles. The molecule has 70 valence electrons. The predicted molar refractivity (Wildman–Crippen MR) is 50.5 cm³/mol. The molecule has 0 bridgehead atoms. The van der Waals surface area contributed by atoms with E-state index in [0.717, 1.165) is 6.42 Å². The van der Waals surface area contributed by atoms with Gasteiger partial charge in [0.1, 0.15) is 0 Å². The van der Waals surface area contributed by atoms with Crippen molar-refractivity contribution < 1.29 is 4.79 Å². The number of likely N-dealkylation sites (tertiary alicyclic amines) is 1. The van der Waals surface area contributed by atoms with E-state index in [1.807, 2.05) is 13.8 Å². The highest BCUT2D eigenvalue weighted by Gasteiger charge is 2.42. The molecular weight excluding hydrogens is 197 g/mol. The molecule has 0 saturated carbocycles. The number of hydrogen-bond donors (Lipinski definition) is 0. The molecule has 0 N–H and O–H groups in total. The largest absolute Gasteiger partial charge is 0.335 e. The molecule has 1 fully saturated rings. The van der Waals surface area contributed by atoms with Crippen molar-refractivity contribution in [2.45, 2.75) is 43.6 Å². The first kappa shape index (κ1) is 10.1. The standard InChI is InChI=1S/C8H13Cl2NO/c1-5-4-6(2)11(5)7(12)8(3,9)10/h5-6H,4H2,1-3H3. The van der Waals surface area contributed by atoms with Gasteiger partial charge in [-0.3, -0.25) is 4.79 Å². The molecular formula is C8H13Cl2NO. The Balaban J connectivity index is 2.65. The summed E-state index contributed by atoms with van der Waals surface area (Å²) in [4.78, 5) is 13.3. The van der Waals surface area contributed by atoms with E-state index in [9.17, 15) is 4.79 Å². The Morgan fingerprint density at radius 3 is 2.00 bits per heavy atom. The van der Waals surface area contributed by atoms with Crippen LogP contribution in [0.2, 0.25) is 0 Å². The number of amides is 1. The Bertz CT molecular complexity index is 192. The Hall–Kier alpha value is 0.0500. The maximum atomic E-state index is 11.5. The van der Waals surface area contributed by atoms with Crippen LogP contribution < -0.4 is 0 Å². The smallest absolute Gasteiger partial charge is 0.259 e. The first-order chi connectivity index (χ1) is 5.34. The van der Waals surface area contributed by atoms with Crippen molar-refractivity contribution in [3.63, 3.8) is 0 Å². The summed E-state index contributed by atoms with van der Waals surface area (Å²) < 4.78 is -1.27. The molecule has 1 saturated heterocycles. The zero-order valence-corrected chi connectivity index (χ0v) is 8.99. The molecule has 2 unspecified atom stereocenters. The summed E-state index contributed by atoms with van der Waals surface area (Å²) in [6.45, 7) is 5.51. The number of alkyl halides is 2. The molecule has 1 heterocycles.